The summed E-state index contributed by atoms with van der Waals surface area (Å²) in [5.74, 6) is -0.0798. The van der Waals surface area contributed by atoms with Crippen LogP contribution in [0.1, 0.15) is 37.2 Å². The number of urea groups is 1. The van der Waals surface area contributed by atoms with Crippen LogP contribution in [0.25, 0.3) is 0 Å². The zero-order valence-corrected chi connectivity index (χ0v) is 14.5. The molecule has 1 aromatic carbocycles. The van der Waals surface area contributed by atoms with E-state index in [0.29, 0.717) is 18.8 Å². The number of hydrogen-bond donors (Lipinski definition) is 1. The van der Waals surface area contributed by atoms with Gasteiger partial charge in [0.05, 0.1) is 5.75 Å². The van der Waals surface area contributed by atoms with Gasteiger partial charge in [-0.3, -0.25) is 9.69 Å². The van der Waals surface area contributed by atoms with Crippen LogP contribution in [0.5, 0.6) is 0 Å². The van der Waals surface area contributed by atoms with Gasteiger partial charge in [0.25, 0.3) is 5.91 Å². The van der Waals surface area contributed by atoms with Gasteiger partial charge < -0.3 is 5.32 Å². The molecule has 6 nitrogen and oxygen atoms in total. The van der Waals surface area contributed by atoms with Crippen molar-refractivity contribution in [3.8, 4) is 0 Å². The molecule has 2 fully saturated rings. The van der Waals surface area contributed by atoms with E-state index in [9.17, 15) is 18.0 Å². The van der Waals surface area contributed by atoms with Crippen LogP contribution >= 0.6 is 0 Å². The lowest BCUT2D eigenvalue weighted by Crippen LogP contribution is -2.49. The Hall–Kier alpha value is -1.89. The molecule has 1 heterocycles. The van der Waals surface area contributed by atoms with Crippen molar-refractivity contribution in [2.24, 2.45) is 0 Å². The molecule has 130 valence electrons. The van der Waals surface area contributed by atoms with Crippen molar-refractivity contribution in [3.05, 3.63) is 35.9 Å². The number of amides is 3. The number of rotatable bonds is 4. The van der Waals surface area contributed by atoms with Crippen molar-refractivity contribution in [3.63, 3.8) is 0 Å². The topological polar surface area (TPSA) is 83.6 Å². The van der Waals surface area contributed by atoms with Gasteiger partial charge in [-0.25, -0.2) is 13.2 Å². The zero-order chi connectivity index (χ0) is 17.4. The molecule has 1 aliphatic heterocycles. The summed E-state index contributed by atoms with van der Waals surface area (Å²) < 4.78 is 22.6. The summed E-state index contributed by atoms with van der Waals surface area (Å²) in [6, 6.07) is 9.71. The van der Waals surface area contributed by atoms with Gasteiger partial charge >= 0.3 is 6.03 Å². The molecule has 24 heavy (non-hydrogen) atoms. The van der Waals surface area contributed by atoms with Gasteiger partial charge in [0.2, 0.25) is 0 Å². The Bertz CT molecular complexity index is 737. The van der Waals surface area contributed by atoms with Crippen molar-refractivity contribution < 1.29 is 18.0 Å². The van der Waals surface area contributed by atoms with E-state index < -0.39 is 21.4 Å². The molecule has 1 saturated heterocycles. The molecule has 1 aromatic rings. The number of carbonyl (C=O) groups excluding carboxylic acids is 2. The van der Waals surface area contributed by atoms with E-state index in [1.807, 2.05) is 18.2 Å². The smallest absolute Gasteiger partial charge is 0.323 e. The van der Waals surface area contributed by atoms with E-state index in [0.717, 1.165) is 24.0 Å². The number of imide groups is 1. The Labute approximate surface area is 142 Å². The highest BCUT2D eigenvalue weighted by Gasteiger charge is 2.52. The first-order chi connectivity index (χ1) is 11.3. The fraction of sp³-hybridized carbons (Fsp3) is 0.529. The Morgan fingerprint density at radius 1 is 1.17 bits per heavy atom. The molecule has 1 saturated carbocycles. The normalized spacial score (nSPS) is 27.5. The Balaban J connectivity index is 1.67. The lowest BCUT2D eigenvalue weighted by atomic mass is 9.74. The summed E-state index contributed by atoms with van der Waals surface area (Å²) in [5.41, 5.74) is 0.415. The summed E-state index contributed by atoms with van der Waals surface area (Å²) >= 11 is 0. The average Bonchev–Trinajstić information content (AvgIpc) is 2.77. The van der Waals surface area contributed by atoms with Gasteiger partial charge in [-0.1, -0.05) is 30.3 Å². The largest absolute Gasteiger partial charge is 0.325 e. The maximum Gasteiger partial charge on any atom is 0.325 e. The van der Waals surface area contributed by atoms with Crippen LogP contribution in [0.3, 0.4) is 0 Å². The van der Waals surface area contributed by atoms with Crippen LogP contribution in [0.4, 0.5) is 4.79 Å². The van der Waals surface area contributed by atoms with Crippen LogP contribution in [0, 0.1) is 0 Å². The second-order valence-electron chi connectivity index (χ2n) is 6.78. The number of carbonyl (C=O) groups is 2. The van der Waals surface area contributed by atoms with Gasteiger partial charge in [-0.15, -0.1) is 0 Å². The lowest BCUT2D eigenvalue weighted by Gasteiger charge is -2.35. The van der Waals surface area contributed by atoms with Crippen LogP contribution in [-0.2, 0) is 14.6 Å². The van der Waals surface area contributed by atoms with Crippen molar-refractivity contribution >= 4 is 21.8 Å². The van der Waals surface area contributed by atoms with Gasteiger partial charge in [0.1, 0.15) is 15.4 Å². The maximum atomic E-state index is 12.7. The number of nitrogens with one attached hydrogen (secondary N) is 1. The van der Waals surface area contributed by atoms with Gasteiger partial charge in [-0.2, -0.15) is 0 Å². The average molecular weight is 350 g/mol. The molecule has 2 aliphatic rings. The quantitative estimate of drug-likeness (QED) is 0.838. The Kier molecular flexibility index (Phi) is 4.38. The fourth-order valence-corrected chi connectivity index (χ4v) is 4.16. The molecule has 0 bridgehead atoms. The number of hydrogen-bond acceptors (Lipinski definition) is 4. The summed E-state index contributed by atoms with van der Waals surface area (Å²) in [7, 11) is -3.22. The summed E-state index contributed by atoms with van der Waals surface area (Å²) in [6.07, 6.45) is 3.94. The van der Waals surface area contributed by atoms with E-state index in [4.69, 9.17) is 0 Å². The predicted molar refractivity (Wildman–Crippen MR) is 90.3 cm³/mol. The van der Waals surface area contributed by atoms with Gasteiger partial charge in [0.15, 0.2) is 0 Å². The molecule has 1 spiro atoms. The SMILES string of the molecule is CS(=O)(=O)CCN1C(=O)NC2(CCC(c3ccccc3)CC2)C1=O. The van der Waals surface area contributed by atoms with Gasteiger partial charge in [0, 0.05) is 12.8 Å². The highest BCUT2D eigenvalue weighted by Crippen LogP contribution is 2.40. The molecule has 3 amide bonds. The predicted octanol–water partition coefficient (Wildman–Crippen LogP) is 1.68. The first-order valence-electron chi connectivity index (χ1n) is 8.17. The minimum atomic E-state index is -3.22. The van der Waals surface area contributed by atoms with E-state index in [2.05, 4.69) is 17.4 Å². The van der Waals surface area contributed by atoms with E-state index in [-0.39, 0.29) is 18.2 Å². The summed E-state index contributed by atoms with van der Waals surface area (Å²) in [4.78, 5) is 25.9. The number of nitrogens with zero attached hydrogens (tertiary/aromatic N) is 1. The third kappa shape index (κ3) is 3.31. The summed E-state index contributed by atoms with van der Waals surface area (Å²) in [5, 5.41) is 2.82. The minimum absolute atomic E-state index is 0.0760. The van der Waals surface area contributed by atoms with Crippen LogP contribution in [-0.4, -0.2) is 49.3 Å². The number of benzene rings is 1. The van der Waals surface area contributed by atoms with Crippen molar-refractivity contribution in [1.29, 1.82) is 0 Å². The second-order valence-corrected chi connectivity index (χ2v) is 9.04. The Morgan fingerprint density at radius 3 is 2.38 bits per heavy atom. The van der Waals surface area contributed by atoms with E-state index in [1.165, 1.54) is 5.56 Å². The van der Waals surface area contributed by atoms with Gasteiger partial charge in [-0.05, 0) is 37.2 Å². The molecule has 0 aromatic heterocycles. The maximum absolute atomic E-state index is 12.7. The first-order valence-corrected chi connectivity index (χ1v) is 10.2. The molecule has 1 N–H and O–H groups in total. The molecule has 1 aliphatic carbocycles. The molecule has 0 radical (unpaired) electrons. The zero-order valence-electron chi connectivity index (χ0n) is 13.7. The third-order valence-corrected chi connectivity index (χ3v) is 5.97. The first kappa shape index (κ1) is 17.0. The molecule has 3 rings (SSSR count). The molecular weight excluding hydrogens is 328 g/mol. The molecular formula is C17H22N2O4S. The Morgan fingerprint density at radius 2 is 1.79 bits per heavy atom. The lowest BCUT2D eigenvalue weighted by molar-refractivity contribution is -0.132. The second kappa shape index (κ2) is 6.20. The van der Waals surface area contributed by atoms with E-state index >= 15 is 0 Å². The van der Waals surface area contributed by atoms with Crippen molar-refractivity contribution in [2.75, 3.05) is 18.6 Å². The standard InChI is InChI=1S/C17H22N2O4S/c1-24(22,23)12-11-19-15(20)17(18-16(19)21)9-7-14(8-10-17)13-5-3-2-4-6-13/h2-6,14H,7-12H2,1H3,(H,18,21). The molecule has 7 heteroatoms. The van der Waals surface area contributed by atoms with Crippen LogP contribution in [0.15, 0.2) is 30.3 Å². The van der Waals surface area contributed by atoms with Crippen LogP contribution < -0.4 is 5.32 Å². The monoisotopic (exact) mass is 350 g/mol. The summed E-state index contributed by atoms with van der Waals surface area (Å²) in [6.45, 7) is -0.0760. The molecule has 0 atom stereocenters. The molecule has 0 unspecified atom stereocenters. The highest BCUT2D eigenvalue weighted by atomic mass is 32.2. The van der Waals surface area contributed by atoms with Crippen LogP contribution in [0.2, 0.25) is 0 Å². The fourth-order valence-electron chi connectivity index (χ4n) is 3.64. The minimum Gasteiger partial charge on any atom is -0.323 e. The number of sulfone groups is 1. The highest BCUT2D eigenvalue weighted by molar-refractivity contribution is 7.90. The van der Waals surface area contributed by atoms with E-state index in [1.54, 1.807) is 0 Å². The third-order valence-electron chi connectivity index (χ3n) is 5.04. The van der Waals surface area contributed by atoms with Crippen molar-refractivity contribution in [2.45, 2.75) is 37.1 Å². The van der Waals surface area contributed by atoms with Crippen molar-refractivity contribution in [1.82, 2.24) is 10.2 Å².